The van der Waals surface area contributed by atoms with Crippen molar-refractivity contribution in [2.24, 2.45) is 0 Å². The van der Waals surface area contributed by atoms with Crippen LogP contribution in [0.2, 0.25) is 0 Å². The molecule has 27 heavy (non-hydrogen) atoms. The van der Waals surface area contributed by atoms with Crippen molar-refractivity contribution in [3.63, 3.8) is 0 Å². The van der Waals surface area contributed by atoms with Gasteiger partial charge in [0, 0.05) is 31.6 Å². The number of nitrogens with zero attached hydrogens (tertiary/aromatic N) is 3. The van der Waals surface area contributed by atoms with Gasteiger partial charge in [0.25, 0.3) is 5.91 Å². The molecule has 2 aromatic carbocycles. The molecule has 7 heteroatoms. The summed E-state index contributed by atoms with van der Waals surface area (Å²) in [7, 11) is 0. The molecule has 1 aliphatic heterocycles. The lowest BCUT2D eigenvalue weighted by Gasteiger charge is -2.35. The number of aromatic nitrogens is 1. The monoisotopic (exact) mass is 371 g/mol. The van der Waals surface area contributed by atoms with Crippen LogP contribution >= 0.6 is 0 Å². The summed E-state index contributed by atoms with van der Waals surface area (Å²) in [5.41, 5.74) is 0.434. The molecular formula is C20H16F3N3O. The fraction of sp³-hybridized carbons (Fsp3) is 0.200. The van der Waals surface area contributed by atoms with Crippen molar-refractivity contribution in [2.45, 2.75) is 0 Å². The lowest BCUT2D eigenvalue weighted by Crippen LogP contribution is -2.49. The molecule has 1 aromatic heterocycles. The normalized spacial score (nSPS) is 14.6. The van der Waals surface area contributed by atoms with Gasteiger partial charge >= 0.3 is 0 Å². The Bertz CT molecular complexity index is 1020. The van der Waals surface area contributed by atoms with Crippen molar-refractivity contribution >= 4 is 22.6 Å². The molecule has 1 fully saturated rings. The molecule has 2 heterocycles. The van der Waals surface area contributed by atoms with Crippen molar-refractivity contribution in [1.82, 2.24) is 9.88 Å². The molecular weight excluding hydrogens is 355 g/mol. The van der Waals surface area contributed by atoms with Gasteiger partial charge in [-0.15, -0.1) is 0 Å². The van der Waals surface area contributed by atoms with Gasteiger partial charge in [-0.2, -0.15) is 0 Å². The fourth-order valence-corrected chi connectivity index (χ4v) is 3.23. The van der Waals surface area contributed by atoms with Crippen LogP contribution in [0.25, 0.3) is 10.9 Å². The number of halogens is 3. The first-order chi connectivity index (χ1) is 13.0. The third-order valence-electron chi connectivity index (χ3n) is 4.74. The largest absolute Gasteiger partial charge is 0.353 e. The smallest absolute Gasteiger partial charge is 0.257 e. The van der Waals surface area contributed by atoms with E-state index in [9.17, 15) is 18.0 Å². The third-order valence-corrected chi connectivity index (χ3v) is 4.74. The molecule has 0 saturated carbocycles. The molecule has 0 aliphatic carbocycles. The summed E-state index contributed by atoms with van der Waals surface area (Å²) in [5, 5.41) is 1.05. The number of anilines is 1. The minimum absolute atomic E-state index is 0.339. The van der Waals surface area contributed by atoms with Gasteiger partial charge in [0.15, 0.2) is 17.5 Å². The third kappa shape index (κ3) is 3.20. The van der Waals surface area contributed by atoms with E-state index in [4.69, 9.17) is 0 Å². The molecule has 0 spiro atoms. The Morgan fingerprint density at radius 3 is 2.37 bits per heavy atom. The predicted octanol–water partition coefficient (Wildman–Crippen LogP) is 3.61. The SMILES string of the molecule is O=C(c1ccc(F)c(F)c1F)N1CCN(c2ccc3ccccc3n2)CC1. The molecule has 3 aromatic rings. The highest BCUT2D eigenvalue weighted by molar-refractivity contribution is 5.94. The van der Waals surface area contributed by atoms with E-state index in [2.05, 4.69) is 4.98 Å². The Balaban J connectivity index is 1.48. The lowest BCUT2D eigenvalue weighted by atomic mass is 10.1. The molecule has 0 atom stereocenters. The first kappa shape index (κ1) is 17.3. The average Bonchev–Trinajstić information content (AvgIpc) is 2.71. The second kappa shape index (κ2) is 6.90. The van der Waals surface area contributed by atoms with E-state index in [1.807, 2.05) is 41.3 Å². The highest BCUT2D eigenvalue weighted by Crippen LogP contribution is 2.21. The Morgan fingerprint density at radius 1 is 0.852 bits per heavy atom. The lowest BCUT2D eigenvalue weighted by molar-refractivity contribution is 0.0740. The Labute approximate surface area is 153 Å². The molecule has 1 saturated heterocycles. The molecule has 138 valence electrons. The van der Waals surface area contributed by atoms with E-state index in [1.165, 1.54) is 4.90 Å². The summed E-state index contributed by atoms with van der Waals surface area (Å²) in [6.07, 6.45) is 0. The van der Waals surface area contributed by atoms with Crippen LogP contribution in [0.4, 0.5) is 19.0 Å². The summed E-state index contributed by atoms with van der Waals surface area (Å²) in [6.45, 7) is 1.71. The fourth-order valence-electron chi connectivity index (χ4n) is 3.23. The van der Waals surface area contributed by atoms with Gasteiger partial charge < -0.3 is 9.80 Å². The average molecular weight is 371 g/mol. The van der Waals surface area contributed by atoms with Crippen LogP contribution in [0, 0.1) is 17.5 Å². The molecule has 0 unspecified atom stereocenters. The Morgan fingerprint density at radius 2 is 1.59 bits per heavy atom. The molecule has 1 amide bonds. The van der Waals surface area contributed by atoms with Crippen molar-refractivity contribution in [1.29, 1.82) is 0 Å². The van der Waals surface area contributed by atoms with Crippen LogP contribution in [0.15, 0.2) is 48.5 Å². The zero-order chi connectivity index (χ0) is 19.0. The zero-order valence-electron chi connectivity index (χ0n) is 14.3. The molecule has 4 nitrogen and oxygen atoms in total. The Hall–Kier alpha value is -3.09. The number of carbonyl (C=O) groups excluding carboxylic acids is 1. The summed E-state index contributed by atoms with van der Waals surface area (Å²) < 4.78 is 40.3. The maximum absolute atomic E-state index is 13.9. The molecule has 0 N–H and O–H groups in total. The van der Waals surface area contributed by atoms with Crippen LogP contribution in [0.3, 0.4) is 0 Å². The molecule has 0 radical (unpaired) electrons. The number of piperazine rings is 1. The summed E-state index contributed by atoms with van der Waals surface area (Å²) in [6, 6.07) is 13.5. The van der Waals surface area contributed by atoms with Gasteiger partial charge in [-0.05, 0) is 30.3 Å². The van der Waals surface area contributed by atoms with Gasteiger partial charge in [0.05, 0.1) is 11.1 Å². The molecule has 4 rings (SSSR count). The highest BCUT2D eigenvalue weighted by Gasteiger charge is 2.26. The molecule has 1 aliphatic rings. The van der Waals surface area contributed by atoms with Gasteiger partial charge in [0.1, 0.15) is 5.82 Å². The number of hydrogen-bond acceptors (Lipinski definition) is 3. The van der Waals surface area contributed by atoms with E-state index >= 15 is 0 Å². The van der Waals surface area contributed by atoms with Crippen LogP contribution in [0.1, 0.15) is 10.4 Å². The number of para-hydroxylation sites is 1. The minimum Gasteiger partial charge on any atom is -0.353 e. The van der Waals surface area contributed by atoms with Crippen molar-refractivity contribution < 1.29 is 18.0 Å². The van der Waals surface area contributed by atoms with Gasteiger partial charge in [0.2, 0.25) is 0 Å². The van der Waals surface area contributed by atoms with E-state index in [-0.39, 0.29) is 0 Å². The number of hydrogen-bond donors (Lipinski definition) is 0. The van der Waals surface area contributed by atoms with E-state index in [1.54, 1.807) is 0 Å². The number of carbonyl (C=O) groups is 1. The maximum atomic E-state index is 13.9. The summed E-state index contributed by atoms with van der Waals surface area (Å²) in [4.78, 5) is 20.6. The second-order valence-electron chi connectivity index (χ2n) is 6.36. The minimum atomic E-state index is -1.63. The van der Waals surface area contributed by atoms with Crippen LogP contribution < -0.4 is 4.90 Å². The van der Waals surface area contributed by atoms with Crippen molar-refractivity contribution in [3.05, 3.63) is 71.5 Å². The van der Waals surface area contributed by atoms with Gasteiger partial charge in [-0.1, -0.05) is 18.2 Å². The number of rotatable bonds is 2. The quantitative estimate of drug-likeness (QED) is 0.646. The second-order valence-corrected chi connectivity index (χ2v) is 6.36. The first-order valence-corrected chi connectivity index (χ1v) is 8.58. The van der Waals surface area contributed by atoms with Crippen LogP contribution in [0.5, 0.6) is 0 Å². The summed E-state index contributed by atoms with van der Waals surface area (Å²) >= 11 is 0. The molecule has 0 bridgehead atoms. The van der Waals surface area contributed by atoms with Crippen LogP contribution in [-0.4, -0.2) is 42.0 Å². The summed E-state index contributed by atoms with van der Waals surface area (Å²) in [5.74, 6) is -4.22. The van der Waals surface area contributed by atoms with Gasteiger partial charge in [-0.3, -0.25) is 4.79 Å². The highest BCUT2D eigenvalue weighted by atomic mass is 19.2. The van der Waals surface area contributed by atoms with E-state index < -0.39 is 28.9 Å². The number of amides is 1. The van der Waals surface area contributed by atoms with E-state index in [0.717, 1.165) is 28.9 Å². The number of pyridine rings is 1. The van der Waals surface area contributed by atoms with Crippen molar-refractivity contribution in [3.8, 4) is 0 Å². The van der Waals surface area contributed by atoms with Gasteiger partial charge in [-0.25, -0.2) is 18.2 Å². The zero-order valence-corrected chi connectivity index (χ0v) is 14.3. The predicted molar refractivity (Wildman–Crippen MR) is 96.2 cm³/mol. The Kier molecular flexibility index (Phi) is 4.43. The number of fused-ring (bicyclic) bond motifs is 1. The number of benzene rings is 2. The van der Waals surface area contributed by atoms with E-state index in [0.29, 0.717) is 26.2 Å². The first-order valence-electron chi connectivity index (χ1n) is 8.58. The maximum Gasteiger partial charge on any atom is 0.257 e. The van der Waals surface area contributed by atoms with Crippen molar-refractivity contribution in [2.75, 3.05) is 31.1 Å². The van der Waals surface area contributed by atoms with Crippen LogP contribution in [-0.2, 0) is 0 Å². The topological polar surface area (TPSA) is 36.4 Å². The standard InChI is InChI=1S/C20H16F3N3O/c21-15-7-6-14(18(22)19(15)23)20(27)26-11-9-25(10-12-26)17-8-5-13-3-1-2-4-16(13)24-17/h1-8H,9-12H2.